The fourth-order valence-electron chi connectivity index (χ4n) is 3.55. The molecule has 0 bridgehead atoms. The van der Waals surface area contributed by atoms with Gasteiger partial charge in [0, 0.05) is 23.4 Å². The van der Waals surface area contributed by atoms with Crippen molar-refractivity contribution in [1.29, 1.82) is 0 Å². The summed E-state index contributed by atoms with van der Waals surface area (Å²) in [7, 11) is 0. The second-order valence-corrected chi connectivity index (χ2v) is 7.47. The number of aryl methyl sites for hydroxylation is 1. The van der Waals surface area contributed by atoms with Crippen molar-refractivity contribution >= 4 is 17.6 Å². The summed E-state index contributed by atoms with van der Waals surface area (Å²) in [4.78, 5) is 23.2. The zero-order chi connectivity index (χ0) is 20.8. The molecule has 3 rings (SSSR count). The summed E-state index contributed by atoms with van der Waals surface area (Å²) < 4.78 is 1.83. The second-order valence-electron chi connectivity index (χ2n) is 7.47. The molecular weight excluding hydrogens is 366 g/mol. The molecule has 2 N–H and O–H groups in total. The van der Waals surface area contributed by atoms with E-state index >= 15 is 0 Å². The molecule has 1 heterocycles. The Morgan fingerprint density at radius 1 is 1.21 bits per heavy atom. The maximum Gasteiger partial charge on any atom is 0.307 e. The van der Waals surface area contributed by atoms with Gasteiger partial charge in [0.1, 0.15) is 0 Å². The Kier molecular flexibility index (Phi) is 6.65. The molecule has 1 aromatic carbocycles. The van der Waals surface area contributed by atoms with Gasteiger partial charge in [-0.15, -0.1) is 0 Å². The lowest BCUT2D eigenvalue weighted by Gasteiger charge is -2.12. The average molecular weight is 393 g/mol. The van der Waals surface area contributed by atoms with E-state index in [1.54, 1.807) is 0 Å². The Balaban J connectivity index is 1.55. The molecule has 1 aromatic heterocycles. The first-order valence-electron chi connectivity index (χ1n) is 9.89. The molecule has 1 atom stereocenters. The Bertz CT molecular complexity index is 939. The minimum atomic E-state index is -0.855. The molecule has 1 aliphatic rings. The molecule has 0 aliphatic heterocycles. The number of hydrogen-bond acceptors (Lipinski definition) is 3. The van der Waals surface area contributed by atoms with Crippen molar-refractivity contribution in [2.24, 2.45) is 5.92 Å². The lowest BCUT2D eigenvalue weighted by molar-refractivity contribution is -0.136. The van der Waals surface area contributed by atoms with Crippen molar-refractivity contribution in [2.75, 3.05) is 5.32 Å². The van der Waals surface area contributed by atoms with Crippen LogP contribution >= 0.6 is 0 Å². The van der Waals surface area contributed by atoms with Gasteiger partial charge < -0.3 is 10.4 Å². The fourth-order valence-corrected chi connectivity index (χ4v) is 3.55. The van der Waals surface area contributed by atoms with Crippen LogP contribution in [-0.4, -0.2) is 26.8 Å². The third-order valence-corrected chi connectivity index (χ3v) is 5.24. The molecule has 0 spiro atoms. The molecule has 1 amide bonds. The number of carboxylic acid groups (broad SMARTS) is 1. The first-order valence-corrected chi connectivity index (χ1v) is 9.89. The van der Waals surface area contributed by atoms with E-state index in [-0.39, 0.29) is 12.3 Å². The van der Waals surface area contributed by atoms with Crippen LogP contribution in [0.5, 0.6) is 0 Å². The van der Waals surface area contributed by atoms with Crippen molar-refractivity contribution in [3.63, 3.8) is 0 Å². The zero-order valence-electron chi connectivity index (χ0n) is 16.9. The van der Waals surface area contributed by atoms with Crippen LogP contribution in [0.4, 0.5) is 5.69 Å². The number of rotatable bonds is 8. The highest BCUT2D eigenvalue weighted by molar-refractivity contribution is 5.90. The van der Waals surface area contributed by atoms with E-state index in [9.17, 15) is 9.59 Å². The lowest BCUT2D eigenvalue weighted by Crippen LogP contribution is -2.13. The molecule has 152 valence electrons. The predicted molar refractivity (Wildman–Crippen MR) is 113 cm³/mol. The van der Waals surface area contributed by atoms with Crippen LogP contribution in [0, 0.1) is 19.8 Å². The van der Waals surface area contributed by atoms with Gasteiger partial charge in [-0.2, -0.15) is 5.10 Å². The maximum atomic E-state index is 12.2. The van der Waals surface area contributed by atoms with Crippen molar-refractivity contribution in [2.45, 2.75) is 46.1 Å². The Morgan fingerprint density at radius 3 is 2.62 bits per heavy atom. The molecule has 0 fully saturated rings. The lowest BCUT2D eigenvalue weighted by atomic mass is 9.95. The van der Waals surface area contributed by atoms with Gasteiger partial charge in [0.25, 0.3) is 0 Å². The number of carbonyl (C=O) groups excluding carboxylic acids is 1. The fraction of sp³-hybridized carbons (Fsp3) is 0.348. The molecule has 0 saturated heterocycles. The number of aromatic nitrogens is 2. The van der Waals surface area contributed by atoms with Crippen LogP contribution in [0.15, 0.2) is 48.6 Å². The topological polar surface area (TPSA) is 84.2 Å². The van der Waals surface area contributed by atoms with Crippen molar-refractivity contribution in [3.8, 4) is 0 Å². The molecule has 1 aliphatic carbocycles. The number of carboxylic acids is 1. The smallest absolute Gasteiger partial charge is 0.307 e. The number of benzene rings is 1. The van der Waals surface area contributed by atoms with Gasteiger partial charge in [-0.1, -0.05) is 36.4 Å². The highest BCUT2D eigenvalue weighted by Crippen LogP contribution is 2.19. The average Bonchev–Trinajstić information content (AvgIpc) is 2.96. The van der Waals surface area contributed by atoms with E-state index in [1.807, 2.05) is 54.9 Å². The van der Waals surface area contributed by atoms with E-state index in [2.05, 4.69) is 22.6 Å². The third-order valence-electron chi connectivity index (χ3n) is 5.24. The highest BCUT2D eigenvalue weighted by atomic mass is 16.4. The van der Waals surface area contributed by atoms with Crippen LogP contribution < -0.4 is 5.32 Å². The van der Waals surface area contributed by atoms with Crippen LogP contribution in [0.25, 0.3) is 0 Å². The SMILES string of the molecule is Cc1nn(Cc2ccc(NC(=O)CCC3C=CC=CC3)cc2)c(C)c1CC(=O)O. The van der Waals surface area contributed by atoms with Gasteiger partial charge in [-0.05, 0) is 50.3 Å². The summed E-state index contributed by atoms with van der Waals surface area (Å²) >= 11 is 0. The van der Waals surface area contributed by atoms with E-state index < -0.39 is 5.97 Å². The van der Waals surface area contributed by atoms with Gasteiger partial charge in [-0.25, -0.2) is 0 Å². The van der Waals surface area contributed by atoms with Crippen molar-refractivity contribution in [3.05, 3.63) is 71.1 Å². The molecule has 0 radical (unpaired) electrons. The summed E-state index contributed by atoms with van der Waals surface area (Å²) in [6, 6.07) is 7.69. The number of hydrogen-bond donors (Lipinski definition) is 2. The predicted octanol–water partition coefficient (Wildman–Crippen LogP) is 4.03. The van der Waals surface area contributed by atoms with Gasteiger partial charge >= 0.3 is 5.97 Å². The minimum absolute atomic E-state index is 0.0183. The van der Waals surface area contributed by atoms with E-state index in [1.165, 1.54) is 0 Å². The zero-order valence-corrected chi connectivity index (χ0v) is 16.9. The molecular formula is C23H27N3O3. The van der Waals surface area contributed by atoms with E-state index in [4.69, 9.17) is 5.11 Å². The number of anilines is 1. The normalized spacial score (nSPS) is 15.4. The van der Waals surface area contributed by atoms with Crippen LogP contribution in [-0.2, 0) is 22.6 Å². The van der Waals surface area contributed by atoms with Gasteiger partial charge in [-0.3, -0.25) is 14.3 Å². The first kappa shape index (κ1) is 20.6. The van der Waals surface area contributed by atoms with E-state index in [0.717, 1.165) is 41.0 Å². The Hall–Kier alpha value is -3.15. The van der Waals surface area contributed by atoms with Crippen LogP contribution in [0.1, 0.15) is 41.8 Å². The molecule has 6 heteroatoms. The number of nitrogens with one attached hydrogen (secondary N) is 1. The van der Waals surface area contributed by atoms with Crippen molar-refractivity contribution in [1.82, 2.24) is 9.78 Å². The molecule has 1 unspecified atom stereocenters. The number of amides is 1. The van der Waals surface area contributed by atoms with E-state index in [0.29, 0.717) is 18.9 Å². The number of nitrogens with zero attached hydrogens (tertiary/aromatic N) is 2. The summed E-state index contributed by atoms with van der Waals surface area (Å²) in [5.74, 6) is -0.385. The number of carbonyl (C=O) groups is 2. The minimum Gasteiger partial charge on any atom is -0.481 e. The summed E-state index contributed by atoms with van der Waals surface area (Å²) in [6.45, 7) is 4.28. The number of aliphatic carboxylic acids is 1. The standard InChI is InChI=1S/C23H27N3O3/c1-16-21(14-23(28)29)17(2)26(25-16)15-19-8-11-20(12-9-19)24-22(27)13-10-18-6-4-3-5-7-18/h3-6,8-9,11-12,18H,7,10,13-15H2,1-2H3,(H,24,27)(H,28,29). The monoisotopic (exact) mass is 393 g/mol. The third kappa shape index (κ3) is 5.67. The summed E-state index contributed by atoms with van der Waals surface area (Å²) in [5, 5.41) is 16.5. The second kappa shape index (κ2) is 9.37. The van der Waals surface area contributed by atoms with Crippen molar-refractivity contribution < 1.29 is 14.7 Å². The molecule has 2 aromatic rings. The van der Waals surface area contributed by atoms with Gasteiger partial charge in [0.15, 0.2) is 0 Å². The van der Waals surface area contributed by atoms with Crippen LogP contribution in [0.2, 0.25) is 0 Å². The molecule has 0 saturated carbocycles. The van der Waals surface area contributed by atoms with Crippen LogP contribution in [0.3, 0.4) is 0 Å². The highest BCUT2D eigenvalue weighted by Gasteiger charge is 2.14. The van der Waals surface area contributed by atoms with Gasteiger partial charge in [0.05, 0.1) is 18.7 Å². The van der Waals surface area contributed by atoms with Gasteiger partial charge in [0.2, 0.25) is 5.91 Å². The Labute approximate surface area is 170 Å². The first-order chi connectivity index (χ1) is 13.9. The quantitative estimate of drug-likeness (QED) is 0.709. The summed E-state index contributed by atoms with van der Waals surface area (Å²) in [5.41, 5.74) is 4.20. The molecule has 29 heavy (non-hydrogen) atoms. The molecule has 6 nitrogen and oxygen atoms in total. The number of allylic oxidation sites excluding steroid dienone is 4. The maximum absolute atomic E-state index is 12.2. The largest absolute Gasteiger partial charge is 0.481 e. The Morgan fingerprint density at radius 2 is 1.97 bits per heavy atom. The summed E-state index contributed by atoms with van der Waals surface area (Å²) in [6.07, 6.45) is 10.7.